The van der Waals surface area contributed by atoms with Crippen LogP contribution < -0.4 is 0 Å². The van der Waals surface area contributed by atoms with E-state index in [4.69, 9.17) is 4.74 Å². The maximum atomic E-state index is 11.2. The van der Waals surface area contributed by atoms with Crippen LogP contribution in [0, 0.1) is 0 Å². The Bertz CT molecular complexity index is 229. The van der Waals surface area contributed by atoms with E-state index in [0.29, 0.717) is 18.6 Å². The highest BCUT2D eigenvalue weighted by Crippen LogP contribution is 2.00. The van der Waals surface area contributed by atoms with Crippen molar-refractivity contribution < 1.29 is 14.3 Å². The van der Waals surface area contributed by atoms with Crippen molar-refractivity contribution in [3.8, 4) is 0 Å². The second-order valence-corrected chi connectivity index (χ2v) is 3.14. The zero-order valence-corrected chi connectivity index (χ0v) is 9.13. The number of allylic oxidation sites excluding steroid dienone is 1. The molecule has 0 rings (SSSR count). The molecule has 80 valence electrons. The molecule has 0 amide bonds. The maximum Gasteiger partial charge on any atom is 0.333 e. The smallest absolute Gasteiger partial charge is 0.333 e. The molecular weight excluding hydrogens is 180 g/mol. The molecule has 0 unspecified atom stereocenters. The monoisotopic (exact) mass is 198 g/mol. The number of ketones is 1. The molecular formula is C11H18O3. The van der Waals surface area contributed by atoms with Gasteiger partial charge < -0.3 is 4.74 Å². The van der Waals surface area contributed by atoms with Crippen LogP contribution in [0.5, 0.6) is 0 Å². The van der Waals surface area contributed by atoms with E-state index in [2.05, 4.69) is 0 Å². The van der Waals surface area contributed by atoms with Crippen LogP contribution in [0.4, 0.5) is 0 Å². The topological polar surface area (TPSA) is 43.4 Å². The molecule has 0 N–H and O–H groups in total. The number of unbranched alkanes of at least 4 members (excludes halogenated alkanes) is 1. The summed E-state index contributed by atoms with van der Waals surface area (Å²) in [4.78, 5) is 22.2. The van der Waals surface area contributed by atoms with Crippen LogP contribution in [0.15, 0.2) is 11.6 Å². The molecule has 0 bridgehead atoms. The molecule has 0 radical (unpaired) electrons. The predicted molar refractivity (Wildman–Crippen MR) is 54.9 cm³/mol. The van der Waals surface area contributed by atoms with Gasteiger partial charge in [0.15, 0.2) is 5.78 Å². The van der Waals surface area contributed by atoms with Gasteiger partial charge in [-0.05, 0) is 19.4 Å². The van der Waals surface area contributed by atoms with E-state index in [0.717, 1.165) is 12.8 Å². The highest BCUT2D eigenvalue weighted by atomic mass is 16.5. The van der Waals surface area contributed by atoms with Crippen LogP contribution in [0.1, 0.15) is 40.0 Å². The molecule has 0 aliphatic rings. The molecule has 3 heteroatoms. The standard InChI is InChI=1S/C11H18O3/c1-4-6-7-14-11(13)9(3)8-10(12)5-2/h8H,4-7H2,1-3H3. The van der Waals surface area contributed by atoms with Gasteiger partial charge in [-0.15, -0.1) is 0 Å². The molecule has 0 aromatic rings. The van der Waals surface area contributed by atoms with Gasteiger partial charge in [-0.1, -0.05) is 20.3 Å². The van der Waals surface area contributed by atoms with Crippen LogP contribution in [-0.4, -0.2) is 18.4 Å². The Kier molecular flexibility index (Phi) is 6.72. The lowest BCUT2D eigenvalue weighted by molar-refractivity contribution is -0.139. The minimum Gasteiger partial charge on any atom is -0.462 e. The quantitative estimate of drug-likeness (QED) is 0.373. The highest BCUT2D eigenvalue weighted by molar-refractivity contribution is 5.98. The molecule has 0 spiro atoms. The van der Waals surface area contributed by atoms with Gasteiger partial charge in [0, 0.05) is 12.0 Å². The molecule has 0 heterocycles. The summed E-state index contributed by atoms with van der Waals surface area (Å²) in [5, 5.41) is 0. The fourth-order valence-corrected chi connectivity index (χ4v) is 0.826. The predicted octanol–water partition coefficient (Wildman–Crippen LogP) is 2.26. The fourth-order valence-electron chi connectivity index (χ4n) is 0.826. The van der Waals surface area contributed by atoms with E-state index < -0.39 is 0 Å². The Morgan fingerprint density at radius 2 is 1.93 bits per heavy atom. The van der Waals surface area contributed by atoms with Crippen LogP contribution in [0.2, 0.25) is 0 Å². The van der Waals surface area contributed by atoms with E-state index >= 15 is 0 Å². The first-order valence-electron chi connectivity index (χ1n) is 5.00. The number of hydrogen-bond donors (Lipinski definition) is 0. The van der Waals surface area contributed by atoms with Crippen molar-refractivity contribution in [1.29, 1.82) is 0 Å². The summed E-state index contributed by atoms with van der Waals surface area (Å²) in [6, 6.07) is 0. The van der Waals surface area contributed by atoms with E-state index in [1.807, 2.05) is 6.92 Å². The average molecular weight is 198 g/mol. The van der Waals surface area contributed by atoms with Crippen molar-refractivity contribution in [3.63, 3.8) is 0 Å². The Morgan fingerprint density at radius 1 is 1.29 bits per heavy atom. The SMILES string of the molecule is CCCCOC(=O)C(C)=CC(=O)CC. The molecule has 0 fully saturated rings. The molecule has 0 aromatic heterocycles. The van der Waals surface area contributed by atoms with E-state index in [9.17, 15) is 9.59 Å². The van der Waals surface area contributed by atoms with Crippen LogP contribution in [-0.2, 0) is 14.3 Å². The van der Waals surface area contributed by atoms with Crippen LogP contribution in [0.3, 0.4) is 0 Å². The lowest BCUT2D eigenvalue weighted by Crippen LogP contribution is -2.08. The number of hydrogen-bond acceptors (Lipinski definition) is 3. The van der Waals surface area contributed by atoms with Gasteiger partial charge in [0.2, 0.25) is 0 Å². The van der Waals surface area contributed by atoms with Gasteiger partial charge in [-0.3, -0.25) is 4.79 Å². The number of carbonyl (C=O) groups excluding carboxylic acids is 2. The van der Waals surface area contributed by atoms with Gasteiger partial charge >= 0.3 is 5.97 Å². The van der Waals surface area contributed by atoms with Gasteiger partial charge in [0.05, 0.1) is 6.61 Å². The van der Waals surface area contributed by atoms with Gasteiger partial charge in [-0.2, -0.15) is 0 Å². The summed E-state index contributed by atoms with van der Waals surface area (Å²) in [5.41, 5.74) is 0.382. The fraction of sp³-hybridized carbons (Fsp3) is 0.636. The number of ether oxygens (including phenoxy) is 1. The van der Waals surface area contributed by atoms with Crippen molar-refractivity contribution in [1.82, 2.24) is 0 Å². The van der Waals surface area contributed by atoms with E-state index in [1.165, 1.54) is 6.08 Å². The normalized spacial score (nSPS) is 11.2. The summed E-state index contributed by atoms with van der Waals surface area (Å²) in [7, 11) is 0. The Balaban J connectivity index is 3.98. The third kappa shape index (κ3) is 5.51. The lowest BCUT2D eigenvalue weighted by Gasteiger charge is -2.02. The third-order valence-electron chi connectivity index (χ3n) is 1.78. The van der Waals surface area contributed by atoms with Gasteiger partial charge in [0.1, 0.15) is 0 Å². The summed E-state index contributed by atoms with van der Waals surface area (Å²) in [6.45, 7) is 5.81. The second kappa shape index (κ2) is 7.30. The Hall–Kier alpha value is -1.12. The zero-order valence-electron chi connectivity index (χ0n) is 9.13. The summed E-state index contributed by atoms with van der Waals surface area (Å²) in [5.74, 6) is -0.435. The first-order valence-corrected chi connectivity index (χ1v) is 5.00. The molecule has 0 saturated carbocycles. The lowest BCUT2D eigenvalue weighted by atomic mass is 10.2. The van der Waals surface area contributed by atoms with Crippen LogP contribution in [0.25, 0.3) is 0 Å². The number of rotatable bonds is 6. The van der Waals surface area contributed by atoms with Crippen molar-refractivity contribution in [2.45, 2.75) is 40.0 Å². The first kappa shape index (κ1) is 12.9. The Morgan fingerprint density at radius 3 is 2.43 bits per heavy atom. The molecule has 0 aliphatic heterocycles. The molecule has 0 aromatic carbocycles. The highest BCUT2D eigenvalue weighted by Gasteiger charge is 2.06. The van der Waals surface area contributed by atoms with Gasteiger partial charge in [-0.25, -0.2) is 4.79 Å². The third-order valence-corrected chi connectivity index (χ3v) is 1.78. The molecule has 3 nitrogen and oxygen atoms in total. The molecule has 0 aliphatic carbocycles. The summed E-state index contributed by atoms with van der Waals surface area (Å²) < 4.78 is 4.93. The summed E-state index contributed by atoms with van der Waals surface area (Å²) in [6.07, 6.45) is 3.61. The average Bonchev–Trinajstić information content (AvgIpc) is 2.17. The van der Waals surface area contributed by atoms with Crippen molar-refractivity contribution in [2.24, 2.45) is 0 Å². The second-order valence-electron chi connectivity index (χ2n) is 3.14. The van der Waals surface area contributed by atoms with Gasteiger partial charge in [0.25, 0.3) is 0 Å². The Labute approximate surface area is 85.1 Å². The largest absolute Gasteiger partial charge is 0.462 e. The minimum atomic E-state index is -0.389. The van der Waals surface area contributed by atoms with E-state index in [-0.39, 0.29) is 11.8 Å². The van der Waals surface area contributed by atoms with Crippen molar-refractivity contribution in [2.75, 3.05) is 6.61 Å². The van der Waals surface area contributed by atoms with Crippen molar-refractivity contribution in [3.05, 3.63) is 11.6 Å². The molecule has 14 heavy (non-hydrogen) atoms. The number of esters is 1. The maximum absolute atomic E-state index is 11.2. The molecule has 0 saturated heterocycles. The van der Waals surface area contributed by atoms with Crippen LogP contribution >= 0.6 is 0 Å². The first-order chi connectivity index (χ1) is 6.61. The zero-order chi connectivity index (χ0) is 11.0. The summed E-state index contributed by atoms with van der Waals surface area (Å²) >= 11 is 0. The number of carbonyl (C=O) groups is 2. The molecule has 0 atom stereocenters. The minimum absolute atomic E-state index is 0.0464. The van der Waals surface area contributed by atoms with Crippen molar-refractivity contribution >= 4 is 11.8 Å². The van der Waals surface area contributed by atoms with E-state index in [1.54, 1.807) is 13.8 Å².